The summed E-state index contributed by atoms with van der Waals surface area (Å²) in [6.45, 7) is 0.411. The summed E-state index contributed by atoms with van der Waals surface area (Å²) in [5, 5.41) is 5.47. The minimum absolute atomic E-state index is 0.0163. The molecule has 2 amide bonds. The number of para-hydroxylation sites is 1. The maximum absolute atomic E-state index is 12.8. The van der Waals surface area contributed by atoms with Crippen molar-refractivity contribution in [1.82, 2.24) is 10.6 Å². The van der Waals surface area contributed by atoms with Crippen LogP contribution in [0.15, 0.2) is 48.5 Å². The number of aryl methyl sites for hydroxylation is 1. The first-order chi connectivity index (χ1) is 15.6. The number of benzene rings is 2. The van der Waals surface area contributed by atoms with Gasteiger partial charge in [-0.2, -0.15) is 0 Å². The van der Waals surface area contributed by atoms with Gasteiger partial charge in [0.05, 0.1) is 18.4 Å². The molecule has 1 unspecified atom stereocenters. The van der Waals surface area contributed by atoms with Crippen molar-refractivity contribution in [3.05, 3.63) is 59.7 Å². The van der Waals surface area contributed by atoms with E-state index in [1.165, 1.54) is 7.11 Å². The van der Waals surface area contributed by atoms with Gasteiger partial charge in [0.25, 0.3) is 5.91 Å². The molecule has 9 heteroatoms. The Bertz CT molecular complexity index is 1040. The molecule has 2 N–H and O–H groups in total. The SMILES string of the molecule is COc1ccccc1C(=O)NC(CCS(C)(=O)=O)C(=O)NCCCc1ccc(N(C)C)cc1. The average molecular weight is 476 g/mol. The van der Waals surface area contributed by atoms with Gasteiger partial charge in [-0.05, 0) is 49.1 Å². The van der Waals surface area contributed by atoms with E-state index in [0.717, 1.165) is 23.9 Å². The second kappa shape index (κ2) is 12.2. The van der Waals surface area contributed by atoms with Gasteiger partial charge in [-0.25, -0.2) is 8.42 Å². The van der Waals surface area contributed by atoms with Crippen LogP contribution in [-0.4, -0.2) is 66.0 Å². The topological polar surface area (TPSA) is 105 Å². The number of nitrogens with one attached hydrogen (secondary N) is 2. The highest BCUT2D eigenvalue weighted by Crippen LogP contribution is 2.17. The average Bonchev–Trinajstić information content (AvgIpc) is 2.78. The molecule has 0 aliphatic carbocycles. The first-order valence-corrected chi connectivity index (χ1v) is 12.8. The number of amides is 2. The highest BCUT2D eigenvalue weighted by Gasteiger charge is 2.24. The van der Waals surface area contributed by atoms with E-state index in [4.69, 9.17) is 4.74 Å². The lowest BCUT2D eigenvalue weighted by Gasteiger charge is -2.19. The summed E-state index contributed by atoms with van der Waals surface area (Å²) in [6, 6.07) is 13.9. The molecule has 33 heavy (non-hydrogen) atoms. The van der Waals surface area contributed by atoms with Crippen molar-refractivity contribution in [2.75, 3.05) is 44.7 Å². The van der Waals surface area contributed by atoms with E-state index in [9.17, 15) is 18.0 Å². The Kier molecular flexibility index (Phi) is 9.72. The predicted octanol–water partition coefficient (Wildman–Crippen LogP) is 2.04. The minimum atomic E-state index is -3.30. The number of hydrogen-bond donors (Lipinski definition) is 2. The van der Waals surface area contributed by atoms with Crippen molar-refractivity contribution in [2.24, 2.45) is 0 Å². The van der Waals surface area contributed by atoms with Gasteiger partial charge in [0.2, 0.25) is 5.91 Å². The third-order valence-electron chi connectivity index (χ3n) is 5.14. The zero-order valence-electron chi connectivity index (χ0n) is 19.6. The van der Waals surface area contributed by atoms with Crippen molar-refractivity contribution < 1.29 is 22.7 Å². The fourth-order valence-electron chi connectivity index (χ4n) is 3.26. The molecule has 0 aliphatic heterocycles. The zero-order chi connectivity index (χ0) is 24.4. The van der Waals surface area contributed by atoms with Gasteiger partial charge in [-0.3, -0.25) is 9.59 Å². The molecule has 0 saturated carbocycles. The summed E-state index contributed by atoms with van der Waals surface area (Å²) in [6.07, 6.45) is 2.59. The minimum Gasteiger partial charge on any atom is -0.496 e. The van der Waals surface area contributed by atoms with Gasteiger partial charge in [0, 0.05) is 32.6 Å². The summed E-state index contributed by atoms with van der Waals surface area (Å²) in [7, 11) is 2.12. The molecule has 0 heterocycles. The van der Waals surface area contributed by atoms with Crippen LogP contribution in [0.25, 0.3) is 0 Å². The quantitative estimate of drug-likeness (QED) is 0.455. The Morgan fingerprint density at radius 3 is 2.33 bits per heavy atom. The van der Waals surface area contributed by atoms with Crippen LogP contribution in [0.1, 0.15) is 28.8 Å². The predicted molar refractivity (Wildman–Crippen MR) is 131 cm³/mol. The number of carbonyl (C=O) groups is 2. The lowest BCUT2D eigenvalue weighted by atomic mass is 10.1. The summed E-state index contributed by atoms with van der Waals surface area (Å²) < 4.78 is 28.5. The van der Waals surface area contributed by atoms with E-state index in [1.807, 2.05) is 31.1 Å². The van der Waals surface area contributed by atoms with Gasteiger partial charge < -0.3 is 20.3 Å². The summed E-state index contributed by atoms with van der Waals surface area (Å²) in [4.78, 5) is 27.5. The fraction of sp³-hybridized carbons (Fsp3) is 0.417. The number of ether oxygens (including phenoxy) is 1. The standard InChI is InChI=1S/C24H33N3O5S/c1-27(2)19-13-11-18(12-14-19)8-7-16-25-24(29)21(15-17-33(4,30)31)26-23(28)20-9-5-6-10-22(20)32-3/h5-6,9-14,21H,7-8,15-17H2,1-4H3,(H,25,29)(H,26,28). The molecule has 1 atom stereocenters. The highest BCUT2D eigenvalue weighted by molar-refractivity contribution is 7.90. The van der Waals surface area contributed by atoms with Crippen LogP contribution in [0, 0.1) is 0 Å². The molecular formula is C24H33N3O5S. The van der Waals surface area contributed by atoms with Crippen LogP contribution >= 0.6 is 0 Å². The number of rotatable bonds is 12. The van der Waals surface area contributed by atoms with Gasteiger partial charge in [0.1, 0.15) is 21.6 Å². The van der Waals surface area contributed by atoms with Gasteiger partial charge in [-0.1, -0.05) is 24.3 Å². The van der Waals surface area contributed by atoms with E-state index in [1.54, 1.807) is 24.3 Å². The molecule has 8 nitrogen and oxygen atoms in total. The Morgan fingerprint density at radius 2 is 1.73 bits per heavy atom. The van der Waals surface area contributed by atoms with E-state index < -0.39 is 27.7 Å². The number of nitrogens with zero attached hydrogens (tertiary/aromatic N) is 1. The number of sulfone groups is 1. The second-order valence-corrected chi connectivity index (χ2v) is 10.4. The highest BCUT2D eigenvalue weighted by atomic mass is 32.2. The number of anilines is 1. The molecule has 0 spiro atoms. The lowest BCUT2D eigenvalue weighted by Crippen LogP contribution is -2.47. The summed E-state index contributed by atoms with van der Waals surface area (Å²) in [5.74, 6) is -0.750. The van der Waals surface area contributed by atoms with Crippen molar-refractivity contribution in [2.45, 2.75) is 25.3 Å². The van der Waals surface area contributed by atoms with Crippen LogP contribution in [0.5, 0.6) is 5.75 Å². The van der Waals surface area contributed by atoms with Gasteiger partial charge in [-0.15, -0.1) is 0 Å². The largest absolute Gasteiger partial charge is 0.496 e. The zero-order valence-corrected chi connectivity index (χ0v) is 20.4. The maximum atomic E-state index is 12.8. The molecule has 0 fully saturated rings. The summed E-state index contributed by atoms with van der Waals surface area (Å²) in [5.41, 5.74) is 2.55. The van der Waals surface area contributed by atoms with Crippen LogP contribution in [0.2, 0.25) is 0 Å². The Morgan fingerprint density at radius 1 is 1.06 bits per heavy atom. The molecule has 0 aliphatic rings. The first kappa shape index (κ1) is 26.2. The van der Waals surface area contributed by atoms with Crippen LogP contribution in [-0.2, 0) is 21.1 Å². The van der Waals surface area contributed by atoms with E-state index in [2.05, 4.69) is 22.8 Å². The molecule has 0 saturated heterocycles. The van der Waals surface area contributed by atoms with E-state index in [0.29, 0.717) is 18.7 Å². The third-order valence-corrected chi connectivity index (χ3v) is 6.12. The van der Waals surface area contributed by atoms with Gasteiger partial charge in [0.15, 0.2) is 0 Å². The van der Waals surface area contributed by atoms with E-state index >= 15 is 0 Å². The van der Waals surface area contributed by atoms with Crippen LogP contribution < -0.4 is 20.3 Å². The normalized spacial score (nSPS) is 12.0. The Labute approximate surface area is 196 Å². The maximum Gasteiger partial charge on any atom is 0.255 e. The van der Waals surface area contributed by atoms with Crippen molar-refractivity contribution in [3.63, 3.8) is 0 Å². The molecule has 2 rings (SSSR count). The first-order valence-electron chi connectivity index (χ1n) is 10.8. The van der Waals surface area contributed by atoms with Gasteiger partial charge >= 0.3 is 0 Å². The van der Waals surface area contributed by atoms with Crippen molar-refractivity contribution >= 4 is 27.3 Å². The molecule has 0 radical (unpaired) electrons. The molecular weight excluding hydrogens is 442 g/mol. The molecule has 2 aromatic rings. The van der Waals surface area contributed by atoms with Crippen molar-refractivity contribution in [1.29, 1.82) is 0 Å². The smallest absolute Gasteiger partial charge is 0.255 e. The van der Waals surface area contributed by atoms with Crippen LogP contribution in [0.3, 0.4) is 0 Å². The van der Waals surface area contributed by atoms with E-state index in [-0.39, 0.29) is 17.7 Å². The fourth-order valence-corrected chi connectivity index (χ4v) is 3.92. The molecule has 0 bridgehead atoms. The monoisotopic (exact) mass is 475 g/mol. The molecule has 2 aromatic carbocycles. The van der Waals surface area contributed by atoms with Crippen LogP contribution in [0.4, 0.5) is 5.69 Å². The van der Waals surface area contributed by atoms with Crippen molar-refractivity contribution in [3.8, 4) is 5.75 Å². The summed E-state index contributed by atoms with van der Waals surface area (Å²) >= 11 is 0. The number of methoxy groups -OCH3 is 1. The number of carbonyl (C=O) groups excluding carboxylic acids is 2. The Balaban J connectivity index is 1.96. The third kappa shape index (κ3) is 8.76. The lowest BCUT2D eigenvalue weighted by molar-refractivity contribution is -0.123. The number of hydrogen-bond acceptors (Lipinski definition) is 6. The second-order valence-electron chi connectivity index (χ2n) is 8.10. The molecule has 180 valence electrons. The molecule has 0 aromatic heterocycles. The Hall–Kier alpha value is -3.07.